The van der Waals surface area contributed by atoms with Gasteiger partial charge >= 0.3 is 0 Å². The first-order valence-corrected chi connectivity index (χ1v) is 5.43. The van der Waals surface area contributed by atoms with Gasteiger partial charge in [-0.2, -0.15) is 0 Å². The van der Waals surface area contributed by atoms with Gasteiger partial charge in [0.05, 0.1) is 0 Å². The smallest absolute Gasteiger partial charge is 0.159 e. The van der Waals surface area contributed by atoms with Crippen molar-refractivity contribution in [1.29, 1.82) is 0 Å². The van der Waals surface area contributed by atoms with Gasteiger partial charge < -0.3 is 0 Å². The number of hydrogen-bond donors (Lipinski definition) is 0. The third kappa shape index (κ3) is 1.45. The number of fused-ring (bicyclic) bond motifs is 1. The first-order chi connectivity index (χ1) is 6.20. The van der Waals surface area contributed by atoms with Gasteiger partial charge in [-0.05, 0) is 50.0 Å². The highest BCUT2D eigenvalue weighted by molar-refractivity contribution is 5.97. The van der Waals surface area contributed by atoms with Crippen molar-refractivity contribution in [1.82, 2.24) is 0 Å². The van der Waals surface area contributed by atoms with Crippen LogP contribution < -0.4 is 0 Å². The standard InChI is InChI=1S/C12H18O/c1-8-4-3-5-11(13)12-9(2)6-7-10(8)12/h8,10H,3-7H2,1-2H3/t8-,10+/m1/s1. The van der Waals surface area contributed by atoms with Gasteiger partial charge in [0.2, 0.25) is 0 Å². The second kappa shape index (κ2) is 3.28. The van der Waals surface area contributed by atoms with Gasteiger partial charge in [-0.15, -0.1) is 0 Å². The molecule has 0 aromatic carbocycles. The summed E-state index contributed by atoms with van der Waals surface area (Å²) in [5.74, 6) is 1.79. The number of rotatable bonds is 0. The molecule has 0 radical (unpaired) electrons. The van der Waals surface area contributed by atoms with E-state index in [1.54, 1.807) is 0 Å². The SMILES string of the molecule is CC1=C2C(=O)CCC[C@@H](C)[C@@H]2CC1. The molecule has 0 heterocycles. The summed E-state index contributed by atoms with van der Waals surface area (Å²) in [6.45, 7) is 4.45. The number of hydrogen-bond acceptors (Lipinski definition) is 1. The highest BCUT2D eigenvalue weighted by Crippen LogP contribution is 2.41. The normalized spacial score (nSPS) is 34.8. The largest absolute Gasteiger partial charge is 0.295 e. The van der Waals surface area contributed by atoms with E-state index in [4.69, 9.17) is 0 Å². The average Bonchev–Trinajstić information content (AvgIpc) is 2.40. The van der Waals surface area contributed by atoms with E-state index >= 15 is 0 Å². The van der Waals surface area contributed by atoms with Crippen LogP contribution in [0.5, 0.6) is 0 Å². The van der Waals surface area contributed by atoms with E-state index < -0.39 is 0 Å². The minimum atomic E-state index is 0.448. The molecule has 0 amide bonds. The van der Waals surface area contributed by atoms with Gasteiger partial charge in [0.25, 0.3) is 0 Å². The Morgan fingerprint density at radius 3 is 2.77 bits per heavy atom. The van der Waals surface area contributed by atoms with E-state index in [1.807, 2.05) is 0 Å². The first kappa shape index (κ1) is 8.98. The van der Waals surface area contributed by atoms with Crippen molar-refractivity contribution >= 4 is 5.78 Å². The second-order valence-electron chi connectivity index (χ2n) is 4.63. The lowest BCUT2D eigenvalue weighted by atomic mass is 9.86. The van der Waals surface area contributed by atoms with Crippen LogP contribution in [0.3, 0.4) is 0 Å². The summed E-state index contributed by atoms with van der Waals surface area (Å²) in [5.41, 5.74) is 2.59. The van der Waals surface area contributed by atoms with E-state index in [0.717, 1.165) is 25.2 Å². The van der Waals surface area contributed by atoms with Crippen LogP contribution in [0.1, 0.15) is 46.0 Å². The van der Waals surface area contributed by atoms with Crippen molar-refractivity contribution in [2.45, 2.75) is 46.0 Å². The Morgan fingerprint density at radius 2 is 2.00 bits per heavy atom. The fraction of sp³-hybridized carbons (Fsp3) is 0.750. The molecule has 0 bridgehead atoms. The average molecular weight is 178 g/mol. The second-order valence-corrected chi connectivity index (χ2v) is 4.63. The molecule has 2 aliphatic rings. The van der Waals surface area contributed by atoms with Crippen molar-refractivity contribution in [2.75, 3.05) is 0 Å². The molecule has 0 unspecified atom stereocenters. The van der Waals surface area contributed by atoms with Gasteiger partial charge in [0.15, 0.2) is 5.78 Å². The molecule has 2 aliphatic carbocycles. The topological polar surface area (TPSA) is 17.1 Å². The molecule has 1 heteroatoms. The Hall–Kier alpha value is -0.590. The molecule has 0 spiro atoms. The Balaban J connectivity index is 2.33. The fourth-order valence-electron chi connectivity index (χ4n) is 2.90. The van der Waals surface area contributed by atoms with Crippen molar-refractivity contribution in [3.8, 4) is 0 Å². The number of carbonyl (C=O) groups is 1. The van der Waals surface area contributed by atoms with Crippen LogP contribution in [0.2, 0.25) is 0 Å². The van der Waals surface area contributed by atoms with Gasteiger partial charge in [0, 0.05) is 6.42 Å². The molecular weight excluding hydrogens is 160 g/mol. The molecule has 72 valence electrons. The maximum absolute atomic E-state index is 11.8. The summed E-state index contributed by atoms with van der Waals surface area (Å²) in [6.07, 6.45) is 5.54. The molecule has 2 atom stereocenters. The summed E-state index contributed by atoms with van der Waals surface area (Å²) in [7, 11) is 0. The molecule has 0 aromatic heterocycles. The maximum atomic E-state index is 11.8. The van der Waals surface area contributed by atoms with E-state index in [1.165, 1.54) is 24.0 Å². The molecule has 0 aliphatic heterocycles. The molecule has 2 rings (SSSR count). The fourth-order valence-corrected chi connectivity index (χ4v) is 2.90. The predicted molar refractivity (Wildman–Crippen MR) is 53.4 cm³/mol. The molecular formula is C12H18O. The number of carbonyl (C=O) groups excluding carboxylic acids is 1. The molecule has 0 saturated heterocycles. The third-order valence-corrected chi connectivity index (χ3v) is 3.71. The summed E-state index contributed by atoms with van der Waals surface area (Å²) >= 11 is 0. The van der Waals surface area contributed by atoms with Crippen LogP contribution >= 0.6 is 0 Å². The number of ketones is 1. The monoisotopic (exact) mass is 178 g/mol. The van der Waals surface area contributed by atoms with Gasteiger partial charge in [0.1, 0.15) is 0 Å². The van der Waals surface area contributed by atoms with Gasteiger partial charge in [-0.3, -0.25) is 4.79 Å². The van der Waals surface area contributed by atoms with Crippen molar-refractivity contribution in [2.24, 2.45) is 11.8 Å². The van der Waals surface area contributed by atoms with E-state index in [0.29, 0.717) is 11.7 Å². The molecule has 13 heavy (non-hydrogen) atoms. The minimum Gasteiger partial charge on any atom is -0.295 e. The molecule has 1 fully saturated rings. The van der Waals surface area contributed by atoms with Crippen molar-refractivity contribution < 1.29 is 4.79 Å². The lowest BCUT2D eigenvalue weighted by Crippen LogP contribution is -2.13. The highest BCUT2D eigenvalue weighted by atomic mass is 16.1. The van der Waals surface area contributed by atoms with Crippen LogP contribution in [0.4, 0.5) is 0 Å². The number of Topliss-reactive ketones (excluding diaryl/α,β-unsaturated/α-hetero) is 1. The summed E-state index contributed by atoms with van der Waals surface area (Å²) in [6, 6.07) is 0. The van der Waals surface area contributed by atoms with E-state index in [2.05, 4.69) is 13.8 Å². The number of allylic oxidation sites excluding steroid dienone is 2. The lowest BCUT2D eigenvalue weighted by Gasteiger charge is -2.17. The zero-order valence-corrected chi connectivity index (χ0v) is 8.60. The Labute approximate surface area is 80.2 Å². The van der Waals surface area contributed by atoms with Crippen molar-refractivity contribution in [3.05, 3.63) is 11.1 Å². The molecule has 0 aromatic rings. The molecule has 0 N–H and O–H groups in total. The maximum Gasteiger partial charge on any atom is 0.159 e. The zero-order valence-electron chi connectivity index (χ0n) is 8.60. The van der Waals surface area contributed by atoms with E-state index in [9.17, 15) is 4.79 Å². The third-order valence-electron chi connectivity index (χ3n) is 3.71. The van der Waals surface area contributed by atoms with Crippen LogP contribution in [-0.4, -0.2) is 5.78 Å². The Bertz CT molecular complexity index is 262. The summed E-state index contributed by atoms with van der Waals surface area (Å²) in [4.78, 5) is 11.8. The van der Waals surface area contributed by atoms with Gasteiger partial charge in [-0.1, -0.05) is 12.5 Å². The predicted octanol–water partition coefficient (Wildman–Crippen LogP) is 3.10. The summed E-state index contributed by atoms with van der Waals surface area (Å²) in [5, 5.41) is 0. The van der Waals surface area contributed by atoms with Crippen LogP contribution in [0, 0.1) is 11.8 Å². The Morgan fingerprint density at radius 1 is 1.23 bits per heavy atom. The lowest BCUT2D eigenvalue weighted by molar-refractivity contribution is -0.115. The molecule has 1 nitrogen and oxygen atoms in total. The highest BCUT2D eigenvalue weighted by Gasteiger charge is 2.33. The van der Waals surface area contributed by atoms with Crippen LogP contribution in [0.25, 0.3) is 0 Å². The quantitative estimate of drug-likeness (QED) is 0.557. The van der Waals surface area contributed by atoms with Crippen molar-refractivity contribution in [3.63, 3.8) is 0 Å². The van der Waals surface area contributed by atoms with Crippen LogP contribution in [-0.2, 0) is 4.79 Å². The minimum absolute atomic E-state index is 0.448. The summed E-state index contributed by atoms with van der Waals surface area (Å²) < 4.78 is 0. The molecule has 1 saturated carbocycles. The zero-order chi connectivity index (χ0) is 9.42. The Kier molecular flexibility index (Phi) is 2.27. The van der Waals surface area contributed by atoms with Gasteiger partial charge in [-0.25, -0.2) is 0 Å². The van der Waals surface area contributed by atoms with E-state index in [-0.39, 0.29) is 0 Å². The van der Waals surface area contributed by atoms with Crippen LogP contribution in [0.15, 0.2) is 11.1 Å². The first-order valence-electron chi connectivity index (χ1n) is 5.43.